The minimum absolute atomic E-state index is 0. The number of rotatable bonds is 1. The molecule has 2 aliphatic heterocycles. The molecule has 3 N–H and O–H groups in total. The molecule has 1 saturated heterocycles. The zero-order valence-corrected chi connectivity index (χ0v) is 14.7. The number of nitrogens with zero attached hydrogens (tertiary/aromatic N) is 4. The summed E-state index contributed by atoms with van der Waals surface area (Å²) in [5, 5.41) is 8.77. The first-order valence-corrected chi connectivity index (χ1v) is 8.40. The summed E-state index contributed by atoms with van der Waals surface area (Å²) >= 11 is 1.15. The number of carbonyl (C=O) groups is 1. The fourth-order valence-corrected chi connectivity index (χ4v) is 3.62. The lowest BCUT2D eigenvalue weighted by Crippen LogP contribution is -2.52. The summed E-state index contributed by atoms with van der Waals surface area (Å²) in [6.07, 6.45) is 1.18. The number of aliphatic imine (C=N–C) groups is 1. The van der Waals surface area contributed by atoms with E-state index in [1.54, 1.807) is 22.4 Å². The van der Waals surface area contributed by atoms with Crippen LogP contribution in [0.1, 0.15) is 28.9 Å². The lowest BCUT2D eigenvalue weighted by Gasteiger charge is -2.42. The average molecular weight is 383 g/mol. The van der Waals surface area contributed by atoms with Crippen molar-refractivity contribution in [2.24, 2.45) is 10.7 Å². The van der Waals surface area contributed by atoms with Crippen molar-refractivity contribution in [2.75, 3.05) is 18.4 Å². The Hall–Kier alpha value is -2.26. The molecule has 1 spiro atoms. The molecule has 1 aromatic carbocycles. The predicted molar refractivity (Wildman–Crippen MR) is 95.8 cm³/mol. The third-order valence-corrected chi connectivity index (χ3v) is 4.93. The van der Waals surface area contributed by atoms with Crippen LogP contribution in [0.4, 0.5) is 10.1 Å². The topological polar surface area (TPSA) is 96.5 Å². The monoisotopic (exact) mass is 382 g/mol. The van der Waals surface area contributed by atoms with Crippen molar-refractivity contribution < 1.29 is 9.18 Å². The molecule has 0 unspecified atom stereocenters. The molecule has 0 saturated carbocycles. The van der Waals surface area contributed by atoms with Gasteiger partial charge in [0.15, 0.2) is 5.69 Å². The average Bonchev–Trinajstić information content (AvgIpc) is 3.09. The summed E-state index contributed by atoms with van der Waals surface area (Å²) < 4.78 is 17.7. The highest BCUT2D eigenvalue weighted by atomic mass is 35.5. The maximum atomic E-state index is 13.9. The van der Waals surface area contributed by atoms with E-state index in [0.717, 1.165) is 11.5 Å². The van der Waals surface area contributed by atoms with Crippen LogP contribution in [-0.2, 0) is 0 Å². The van der Waals surface area contributed by atoms with Gasteiger partial charge in [0.05, 0.1) is 5.56 Å². The summed E-state index contributed by atoms with van der Waals surface area (Å²) in [5.74, 6) is -0.317. The number of likely N-dealkylation sites (tertiary alicyclic amines) is 1. The lowest BCUT2D eigenvalue weighted by atomic mass is 9.93. The van der Waals surface area contributed by atoms with Crippen molar-refractivity contribution in [2.45, 2.75) is 18.5 Å². The Morgan fingerprint density at radius 1 is 1.36 bits per heavy atom. The number of amides is 1. The molecular formula is C15H16ClFN6OS. The van der Waals surface area contributed by atoms with Gasteiger partial charge >= 0.3 is 0 Å². The molecule has 4 rings (SSSR count). The molecule has 0 aliphatic carbocycles. The molecular weight excluding hydrogens is 367 g/mol. The Bertz CT molecular complexity index is 819. The van der Waals surface area contributed by atoms with Crippen molar-refractivity contribution in [3.63, 3.8) is 0 Å². The number of anilines is 1. The summed E-state index contributed by atoms with van der Waals surface area (Å²) in [6.45, 7) is 1.04. The lowest BCUT2D eigenvalue weighted by molar-refractivity contribution is 0.0679. The number of hydrogen-bond donors (Lipinski definition) is 2. The number of fused-ring (bicyclic) bond motifs is 1. The Kier molecular flexibility index (Phi) is 4.61. The first-order valence-electron chi connectivity index (χ1n) is 7.57. The van der Waals surface area contributed by atoms with Gasteiger partial charge in [0.1, 0.15) is 17.3 Å². The fourth-order valence-electron chi connectivity index (χ4n) is 3.19. The molecule has 25 heavy (non-hydrogen) atoms. The Morgan fingerprint density at radius 2 is 2.12 bits per heavy atom. The Labute approximate surface area is 153 Å². The van der Waals surface area contributed by atoms with Crippen LogP contribution in [0.5, 0.6) is 0 Å². The maximum Gasteiger partial charge on any atom is 0.275 e. The molecule has 0 atom stereocenters. The minimum atomic E-state index is -0.595. The molecule has 1 fully saturated rings. The van der Waals surface area contributed by atoms with Crippen molar-refractivity contribution in [1.82, 2.24) is 14.5 Å². The smallest absolute Gasteiger partial charge is 0.275 e. The fraction of sp³-hybridized carbons (Fsp3) is 0.333. The zero-order chi connectivity index (χ0) is 16.7. The molecule has 0 bridgehead atoms. The van der Waals surface area contributed by atoms with Gasteiger partial charge in [0.25, 0.3) is 5.91 Å². The van der Waals surface area contributed by atoms with E-state index >= 15 is 0 Å². The highest BCUT2D eigenvalue weighted by Crippen LogP contribution is 2.35. The van der Waals surface area contributed by atoms with E-state index in [1.165, 1.54) is 6.07 Å². The van der Waals surface area contributed by atoms with E-state index < -0.39 is 5.66 Å². The quantitative estimate of drug-likeness (QED) is 0.784. The number of carbonyl (C=O) groups excluding carboxylic acids is 1. The Balaban J connectivity index is 0.00000182. The summed E-state index contributed by atoms with van der Waals surface area (Å²) in [5.41, 5.74) is 6.72. The third kappa shape index (κ3) is 3.05. The molecule has 2 aromatic rings. The van der Waals surface area contributed by atoms with Gasteiger partial charge in [0, 0.05) is 37.0 Å². The number of nitrogens with one attached hydrogen (secondary N) is 1. The van der Waals surface area contributed by atoms with E-state index in [2.05, 4.69) is 19.9 Å². The van der Waals surface area contributed by atoms with Crippen molar-refractivity contribution in [3.05, 3.63) is 40.7 Å². The number of benzene rings is 1. The second kappa shape index (κ2) is 6.57. The first kappa shape index (κ1) is 17.6. The number of hydrogen-bond acceptors (Lipinski definition) is 7. The molecule has 132 valence electrons. The van der Waals surface area contributed by atoms with Crippen LogP contribution in [0.2, 0.25) is 0 Å². The van der Waals surface area contributed by atoms with E-state index in [1.807, 2.05) is 0 Å². The maximum absolute atomic E-state index is 13.9. The Morgan fingerprint density at radius 3 is 2.80 bits per heavy atom. The van der Waals surface area contributed by atoms with Gasteiger partial charge in [-0.05, 0) is 23.7 Å². The first-order chi connectivity index (χ1) is 11.6. The number of nitrogens with two attached hydrogens (primary N) is 1. The van der Waals surface area contributed by atoms with E-state index in [9.17, 15) is 9.18 Å². The number of halogens is 2. The number of amidine groups is 1. The molecule has 3 heterocycles. The van der Waals surface area contributed by atoms with Crippen LogP contribution in [0.25, 0.3) is 0 Å². The number of aromatic nitrogens is 2. The van der Waals surface area contributed by atoms with Gasteiger partial charge in [0.2, 0.25) is 0 Å². The van der Waals surface area contributed by atoms with Crippen LogP contribution in [0.15, 0.2) is 28.6 Å². The third-order valence-electron chi connectivity index (χ3n) is 4.43. The minimum Gasteiger partial charge on any atom is -0.383 e. The van der Waals surface area contributed by atoms with E-state index in [4.69, 9.17) is 5.73 Å². The zero-order valence-electron chi connectivity index (χ0n) is 13.1. The van der Waals surface area contributed by atoms with Crippen LogP contribution in [-0.4, -0.2) is 45.0 Å². The molecule has 7 nitrogen and oxygen atoms in total. The van der Waals surface area contributed by atoms with Crippen LogP contribution in [0.3, 0.4) is 0 Å². The van der Waals surface area contributed by atoms with Crippen molar-refractivity contribution >= 4 is 41.4 Å². The van der Waals surface area contributed by atoms with Crippen LogP contribution < -0.4 is 11.1 Å². The summed E-state index contributed by atoms with van der Waals surface area (Å²) in [4.78, 5) is 18.6. The number of piperidine rings is 1. The second-order valence-electron chi connectivity index (χ2n) is 5.90. The van der Waals surface area contributed by atoms with Gasteiger partial charge in [-0.15, -0.1) is 17.5 Å². The highest BCUT2D eigenvalue weighted by Gasteiger charge is 2.39. The molecule has 1 aromatic heterocycles. The van der Waals surface area contributed by atoms with Gasteiger partial charge in [-0.1, -0.05) is 10.6 Å². The van der Waals surface area contributed by atoms with Gasteiger partial charge in [-0.2, -0.15) is 0 Å². The van der Waals surface area contributed by atoms with E-state index in [-0.39, 0.29) is 30.0 Å². The second-order valence-corrected chi connectivity index (χ2v) is 6.51. The standard InChI is InChI=1S/C15H15FN6OS.ClH/c16-9-2-1-3-10-12(9)13(17)19-15(18-10)4-6-22(7-5-15)14(23)11-8-24-21-20-11;/h1-3,8,18H,4-7H2,(H2,17,19);1H. The van der Waals surface area contributed by atoms with Crippen molar-refractivity contribution in [1.29, 1.82) is 0 Å². The molecule has 2 aliphatic rings. The van der Waals surface area contributed by atoms with Crippen LogP contribution >= 0.6 is 23.9 Å². The van der Waals surface area contributed by atoms with Gasteiger partial charge in [-0.3, -0.25) is 4.79 Å². The summed E-state index contributed by atoms with van der Waals surface area (Å²) in [7, 11) is 0. The summed E-state index contributed by atoms with van der Waals surface area (Å²) in [6, 6.07) is 4.80. The normalized spacial score (nSPS) is 18.0. The van der Waals surface area contributed by atoms with Crippen LogP contribution in [0, 0.1) is 5.82 Å². The SMILES string of the molecule is Cl.NC1=NC2(CCN(C(=O)c3csnn3)CC2)Nc2cccc(F)c21. The molecule has 0 radical (unpaired) electrons. The van der Waals surface area contributed by atoms with E-state index in [0.29, 0.717) is 42.9 Å². The largest absolute Gasteiger partial charge is 0.383 e. The highest BCUT2D eigenvalue weighted by molar-refractivity contribution is 7.03. The van der Waals surface area contributed by atoms with Gasteiger partial charge < -0.3 is 16.0 Å². The van der Waals surface area contributed by atoms with Crippen molar-refractivity contribution in [3.8, 4) is 0 Å². The molecule has 10 heteroatoms. The molecule has 1 amide bonds. The predicted octanol–water partition coefficient (Wildman–Crippen LogP) is 1.86. The van der Waals surface area contributed by atoms with Gasteiger partial charge in [-0.25, -0.2) is 9.38 Å².